The molecule has 1 aromatic heterocycles. The smallest absolute Gasteiger partial charge is 0.0714 e. The molecule has 0 amide bonds. The SMILES string of the molecule is c1ccc(-c2c3ccccc3c(-c3ccccc3)c3cc(-c4ccc5c(c4)C(c4ccccc4)(c4ccccc4)c4cc(N(c6ccccc6)c6ccc7c(c6)c6ccccc6n7-c6ccccc6)ccc4-5)ccc23)cc1. The van der Waals surface area contributed by atoms with Gasteiger partial charge in [-0.15, -0.1) is 0 Å². The van der Waals surface area contributed by atoms with Crippen LogP contribution in [0.1, 0.15) is 22.3 Å². The summed E-state index contributed by atoms with van der Waals surface area (Å²) in [6.45, 7) is 0. The lowest BCUT2D eigenvalue weighted by atomic mass is 9.67. The van der Waals surface area contributed by atoms with Gasteiger partial charge < -0.3 is 9.47 Å². The Morgan fingerprint density at radius 3 is 1.34 bits per heavy atom. The number of aromatic nitrogens is 1. The van der Waals surface area contributed by atoms with E-state index in [0.717, 1.165) is 22.7 Å². The highest BCUT2D eigenvalue weighted by molar-refractivity contribution is 6.22. The summed E-state index contributed by atoms with van der Waals surface area (Å²) >= 11 is 0. The van der Waals surface area contributed by atoms with Gasteiger partial charge in [0.15, 0.2) is 0 Å². The number of benzene rings is 13. The number of fused-ring (bicyclic) bond motifs is 8. The molecule has 0 fully saturated rings. The summed E-state index contributed by atoms with van der Waals surface area (Å²) < 4.78 is 2.39. The number of hydrogen-bond donors (Lipinski definition) is 0. The fraction of sp³-hybridized carbons (Fsp3) is 0.0133. The van der Waals surface area contributed by atoms with Crippen molar-refractivity contribution >= 4 is 60.4 Å². The molecule has 2 nitrogen and oxygen atoms in total. The fourth-order valence-electron chi connectivity index (χ4n) is 13.0. The van der Waals surface area contributed by atoms with Crippen molar-refractivity contribution in [2.45, 2.75) is 5.41 Å². The second-order valence-electron chi connectivity index (χ2n) is 20.3. The molecule has 14 aromatic rings. The van der Waals surface area contributed by atoms with Crippen LogP contribution in [0.3, 0.4) is 0 Å². The van der Waals surface area contributed by atoms with Crippen molar-refractivity contribution in [2.24, 2.45) is 0 Å². The van der Waals surface area contributed by atoms with Crippen LogP contribution in [-0.4, -0.2) is 4.57 Å². The minimum absolute atomic E-state index is 0.655. The summed E-state index contributed by atoms with van der Waals surface area (Å²) in [5, 5.41) is 7.41. The van der Waals surface area contributed by atoms with Gasteiger partial charge in [0.25, 0.3) is 0 Å². The highest BCUT2D eigenvalue weighted by Crippen LogP contribution is 2.58. The van der Waals surface area contributed by atoms with Crippen molar-refractivity contribution < 1.29 is 0 Å². The van der Waals surface area contributed by atoms with Crippen molar-refractivity contribution in [3.8, 4) is 50.2 Å². The summed E-state index contributed by atoms with van der Waals surface area (Å²) in [7, 11) is 0. The van der Waals surface area contributed by atoms with Crippen LogP contribution in [0.4, 0.5) is 17.1 Å². The third-order valence-electron chi connectivity index (χ3n) is 16.2. The molecule has 0 saturated heterocycles. The second kappa shape index (κ2) is 18.1. The molecule has 1 aliphatic rings. The number of rotatable bonds is 9. The predicted molar refractivity (Wildman–Crippen MR) is 324 cm³/mol. The lowest BCUT2D eigenvalue weighted by Crippen LogP contribution is -2.28. The van der Waals surface area contributed by atoms with E-state index in [0.29, 0.717) is 0 Å². The summed E-state index contributed by atoms with van der Waals surface area (Å²) in [5.41, 5.74) is 20.9. The second-order valence-corrected chi connectivity index (χ2v) is 20.3. The molecule has 0 N–H and O–H groups in total. The van der Waals surface area contributed by atoms with E-state index in [1.807, 2.05) is 0 Å². The van der Waals surface area contributed by atoms with Crippen LogP contribution >= 0.6 is 0 Å². The van der Waals surface area contributed by atoms with E-state index in [2.05, 4.69) is 313 Å². The van der Waals surface area contributed by atoms with Gasteiger partial charge >= 0.3 is 0 Å². The third kappa shape index (κ3) is 7.03. The van der Waals surface area contributed by atoms with Crippen molar-refractivity contribution in [1.82, 2.24) is 4.57 Å². The quantitative estimate of drug-likeness (QED) is 0.131. The van der Waals surface area contributed by atoms with Gasteiger partial charge in [0.05, 0.1) is 16.4 Å². The molecular formula is C75H50N2. The third-order valence-corrected chi connectivity index (χ3v) is 16.2. The van der Waals surface area contributed by atoms with E-state index in [1.165, 1.54) is 110 Å². The van der Waals surface area contributed by atoms with Gasteiger partial charge in [-0.25, -0.2) is 0 Å². The van der Waals surface area contributed by atoms with Crippen LogP contribution in [0.15, 0.2) is 303 Å². The zero-order chi connectivity index (χ0) is 50.9. The Bertz CT molecular complexity index is 4490. The molecular weight excluding hydrogens is 929 g/mol. The van der Waals surface area contributed by atoms with Gasteiger partial charge in [0.2, 0.25) is 0 Å². The van der Waals surface area contributed by atoms with E-state index in [-0.39, 0.29) is 0 Å². The van der Waals surface area contributed by atoms with Gasteiger partial charge in [-0.3, -0.25) is 0 Å². The molecule has 0 saturated carbocycles. The highest BCUT2D eigenvalue weighted by Gasteiger charge is 2.46. The molecule has 0 unspecified atom stereocenters. The van der Waals surface area contributed by atoms with Gasteiger partial charge in [-0.05, 0) is 161 Å². The Morgan fingerprint density at radius 2 is 0.701 bits per heavy atom. The Morgan fingerprint density at radius 1 is 0.260 bits per heavy atom. The minimum Gasteiger partial charge on any atom is -0.310 e. The van der Waals surface area contributed by atoms with E-state index in [9.17, 15) is 0 Å². The van der Waals surface area contributed by atoms with Crippen molar-refractivity contribution in [3.05, 3.63) is 326 Å². The number of hydrogen-bond acceptors (Lipinski definition) is 1. The van der Waals surface area contributed by atoms with Crippen LogP contribution in [0.5, 0.6) is 0 Å². The standard InChI is InChI=1S/C75H50N2/c1-7-23-51(24-8-1)73-64-36-19-20-37-65(64)74(52-25-9-2-10-26-52)68-47-53(40-44-66(68)73)54-39-43-61-62-45-41-60(50-70(62)75(69(61)48-54,55-27-11-3-12-28-55)56-29-13-4-14-30-56)76(57-31-15-5-16-32-57)59-42-46-72-67(49-59)63-35-21-22-38-71(63)77(72)58-33-17-6-18-34-58/h1-50H. The Labute approximate surface area is 448 Å². The van der Waals surface area contributed by atoms with Crippen LogP contribution in [0.25, 0.3) is 93.5 Å². The average Bonchev–Trinajstić information content (AvgIpc) is 4.22. The van der Waals surface area contributed by atoms with E-state index in [1.54, 1.807) is 0 Å². The summed E-state index contributed by atoms with van der Waals surface area (Å²) in [6, 6.07) is 112. The zero-order valence-electron chi connectivity index (χ0n) is 42.3. The lowest BCUT2D eigenvalue weighted by molar-refractivity contribution is 0.768. The molecule has 2 heteroatoms. The highest BCUT2D eigenvalue weighted by atomic mass is 15.1. The first kappa shape index (κ1) is 44.5. The number of para-hydroxylation sites is 3. The first-order chi connectivity index (χ1) is 38.2. The van der Waals surface area contributed by atoms with Crippen LogP contribution in [-0.2, 0) is 5.41 Å². The van der Waals surface area contributed by atoms with Crippen molar-refractivity contribution in [1.29, 1.82) is 0 Å². The number of nitrogens with zero attached hydrogens (tertiary/aromatic N) is 2. The minimum atomic E-state index is -0.655. The molecule has 77 heavy (non-hydrogen) atoms. The Hall–Kier alpha value is -10.0. The maximum absolute atomic E-state index is 2.50. The Balaban J connectivity index is 0.955. The van der Waals surface area contributed by atoms with Crippen LogP contribution in [0.2, 0.25) is 0 Å². The first-order valence-electron chi connectivity index (χ1n) is 26.7. The topological polar surface area (TPSA) is 8.17 Å². The molecule has 0 radical (unpaired) electrons. The van der Waals surface area contributed by atoms with Crippen molar-refractivity contribution in [2.75, 3.05) is 4.90 Å². The van der Waals surface area contributed by atoms with E-state index >= 15 is 0 Å². The maximum atomic E-state index is 2.50. The molecule has 15 rings (SSSR count). The molecule has 1 aliphatic carbocycles. The molecule has 1 heterocycles. The summed E-state index contributed by atoms with van der Waals surface area (Å²) in [6.07, 6.45) is 0. The summed E-state index contributed by atoms with van der Waals surface area (Å²) in [4.78, 5) is 2.44. The van der Waals surface area contributed by atoms with Gasteiger partial charge in [-0.1, -0.05) is 231 Å². The van der Waals surface area contributed by atoms with Crippen molar-refractivity contribution in [3.63, 3.8) is 0 Å². The molecule has 0 spiro atoms. The first-order valence-corrected chi connectivity index (χ1v) is 26.7. The largest absolute Gasteiger partial charge is 0.310 e. The molecule has 360 valence electrons. The average molecular weight is 979 g/mol. The Kier molecular flexibility index (Phi) is 10.5. The van der Waals surface area contributed by atoms with Gasteiger partial charge in [0, 0.05) is 33.5 Å². The summed E-state index contributed by atoms with van der Waals surface area (Å²) in [5.74, 6) is 0. The normalized spacial score (nSPS) is 12.5. The van der Waals surface area contributed by atoms with Crippen LogP contribution < -0.4 is 4.90 Å². The monoisotopic (exact) mass is 978 g/mol. The molecule has 0 atom stereocenters. The van der Waals surface area contributed by atoms with E-state index < -0.39 is 5.41 Å². The molecule has 0 bridgehead atoms. The lowest BCUT2D eigenvalue weighted by Gasteiger charge is -2.35. The number of anilines is 3. The molecule has 13 aromatic carbocycles. The predicted octanol–water partition coefficient (Wildman–Crippen LogP) is 19.9. The zero-order valence-corrected chi connectivity index (χ0v) is 42.3. The fourth-order valence-corrected chi connectivity index (χ4v) is 13.0. The maximum Gasteiger partial charge on any atom is 0.0714 e. The van der Waals surface area contributed by atoms with Crippen LogP contribution in [0, 0.1) is 0 Å². The van der Waals surface area contributed by atoms with Gasteiger partial charge in [-0.2, -0.15) is 0 Å². The molecule has 0 aliphatic heterocycles. The van der Waals surface area contributed by atoms with Gasteiger partial charge in [0.1, 0.15) is 0 Å². The van der Waals surface area contributed by atoms with E-state index in [4.69, 9.17) is 0 Å².